The molecule has 1 atom stereocenters. The molecule has 1 aliphatic heterocycles. The molecule has 0 amide bonds. The summed E-state index contributed by atoms with van der Waals surface area (Å²) >= 11 is 0. The zero-order valence-corrected chi connectivity index (χ0v) is 13.7. The predicted octanol–water partition coefficient (Wildman–Crippen LogP) is 2.07. The Balaban J connectivity index is 1.59. The number of piperidine rings is 1. The van der Waals surface area contributed by atoms with E-state index >= 15 is 0 Å². The van der Waals surface area contributed by atoms with Gasteiger partial charge in [0.05, 0.1) is 5.52 Å². The van der Waals surface area contributed by atoms with Gasteiger partial charge in [-0.1, -0.05) is 0 Å². The number of benzene rings is 1. The summed E-state index contributed by atoms with van der Waals surface area (Å²) in [5, 5.41) is 3.68. The molecule has 9 heteroatoms. The summed E-state index contributed by atoms with van der Waals surface area (Å²) in [7, 11) is 0. The van der Waals surface area contributed by atoms with Gasteiger partial charge in [0.25, 0.3) is 5.56 Å². The van der Waals surface area contributed by atoms with E-state index in [4.69, 9.17) is 0 Å². The zero-order chi connectivity index (χ0) is 18.1. The summed E-state index contributed by atoms with van der Waals surface area (Å²) in [5.74, 6) is -1.07. The van der Waals surface area contributed by atoms with Crippen LogP contribution in [0.15, 0.2) is 35.6 Å². The van der Waals surface area contributed by atoms with Crippen LogP contribution in [-0.2, 0) is 0 Å². The lowest BCUT2D eigenvalue weighted by Gasteiger charge is -2.33. The van der Waals surface area contributed by atoms with Crippen LogP contribution in [0.4, 0.5) is 20.4 Å². The molecule has 2 aromatic heterocycles. The highest BCUT2D eigenvalue weighted by molar-refractivity contribution is 5.89. The molecule has 0 bridgehead atoms. The van der Waals surface area contributed by atoms with E-state index in [0.29, 0.717) is 29.1 Å². The zero-order valence-electron chi connectivity index (χ0n) is 13.7. The average molecular weight is 358 g/mol. The first-order chi connectivity index (χ1) is 12.6. The second kappa shape index (κ2) is 6.66. The second-order valence-corrected chi connectivity index (χ2v) is 6.18. The third-order valence-electron chi connectivity index (χ3n) is 4.43. The monoisotopic (exact) mass is 358 g/mol. The van der Waals surface area contributed by atoms with E-state index in [1.165, 1.54) is 12.5 Å². The molecule has 0 spiro atoms. The Hall–Kier alpha value is -3.10. The smallest absolute Gasteiger partial charge is 0.290 e. The Morgan fingerprint density at radius 3 is 2.88 bits per heavy atom. The topological polar surface area (TPSA) is 86.8 Å². The van der Waals surface area contributed by atoms with Crippen LogP contribution >= 0.6 is 0 Å². The largest absolute Gasteiger partial charge is 0.365 e. The van der Waals surface area contributed by atoms with Gasteiger partial charge in [-0.15, -0.1) is 0 Å². The van der Waals surface area contributed by atoms with Crippen molar-refractivity contribution in [2.24, 2.45) is 0 Å². The van der Waals surface area contributed by atoms with Gasteiger partial charge in [-0.2, -0.15) is 0 Å². The van der Waals surface area contributed by atoms with Gasteiger partial charge in [0.2, 0.25) is 0 Å². The molecule has 134 valence electrons. The van der Waals surface area contributed by atoms with Crippen LogP contribution in [0.1, 0.15) is 12.8 Å². The number of hydrogen-bond donors (Lipinski definition) is 2. The molecule has 0 aliphatic carbocycles. The van der Waals surface area contributed by atoms with Crippen molar-refractivity contribution in [3.05, 3.63) is 52.8 Å². The molecule has 0 saturated carbocycles. The third kappa shape index (κ3) is 3.07. The molecule has 1 saturated heterocycles. The summed E-state index contributed by atoms with van der Waals surface area (Å²) < 4.78 is 27.0. The van der Waals surface area contributed by atoms with E-state index in [-0.39, 0.29) is 11.6 Å². The molecule has 1 fully saturated rings. The van der Waals surface area contributed by atoms with Crippen LogP contribution in [0.3, 0.4) is 0 Å². The van der Waals surface area contributed by atoms with Crippen LogP contribution < -0.4 is 15.8 Å². The Kier molecular flexibility index (Phi) is 4.19. The predicted molar refractivity (Wildman–Crippen MR) is 93.2 cm³/mol. The van der Waals surface area contributed by atoms with Crippen molar-refractivity contribution in [3.8, 4) is 0 Å². The molecule has 1 unspecified atom stereocenters. The van der Waals surface area contributed by atoms with E-state index in [2.05, 4.69) is 25.3 Å². The van der Waals surface area contributed by atoms with Crippen molar-refractivity contribution in [3.63, 3.8) is 0 Å². The summed E-state index contributed by atoms with van der Waals surface area (Å²) in [6.07, 6.45) is 6.07. The maximum absolute atomic E-state index is 13.6. The number of hydrogen-bond acceptors (Lipinski definition) is 6. The number of nitrogens with one attached hydrogen (secondary N) is 2. The molecular formula is C17H16F2N6O. The van der Waals surface area contributed by atoms with Gasteiger partial charge in [-0.3, -0.25) is 4.79 Å². The molecule has 4 rings (SSSR count). The first-order valence-corrected chi connectivity index (χ1v) is 8.27. The number of H-pyrrole nitrogens is 1. The van der Waals surface area contributed by atoms with Crippen molar-refractivity contribution in [2.45, 2.75) is 18.9 Å². The van der Waals surface area contributed by atoms with Gasteiger partial charge in [0.15, 0.2) is 17.5 Å². The SMILES string of the molecule is O=c1[nH]ccnc1N1CCCC(Nc2ncnc3cc(F)c(F)cc23)C1. The van der Waals surface area contributed by atoms with Gasteiger partial charge in [-0.25, -0.2) is 23.7 Å². The van der Waals surface area contributed by atoms with Crippen LogP contribution in [0.2, 0.25) is 0 Å². The Morgan fingerprint density at radius 1 is 1.19 bits per heavy atom. The van der Waals surface area contributed by atoms with Crippen LogP contribution in [-0.4, -0.2) is 39.1 Å². The maximum atomic E-state index is 13.6. The highest BCUT2D eigenvalue weighted by atomic mass is 19.2. The van der Waals surface area contributed by atoms with Crippen LogP contribution in [0.25, 0.3) is 10.9 Å². The molecule has 7 nitrogen and oxygen atoms in total. The van der Waals surface area contributed by atoms with E-state index in [1.54, 1.807) is 6.20 Å². The quantitative estimate of drug-likeness (QED) is 0.745. The molecular weight excluding hydrogens is 342 g/mol. The minimum atomic E-state index is -0.944. The lowest BCUT2D eigenvalue weighted by molar-refractivity contribution is 0.510. The van der Waals surface area contributed by atoms with Gasteiger partial charge in [0, 0.05) is 43.0 Å². The first kappa shape index (κ1) is 16.4. The molecule has 0 radical (unpaired) electrons. The minimum Gasteiger partial charge on any atom is -0.365 e. The molecule has 2 N–H and O–H groups in total. The minimum absolute atomic E-state index is 0.0172. The van der Waals surface area contributed by atoms with Gasteiger partial charge < -0.3 is 15.2 Å². The Morgan fingerprint density at radius 2 is 2.04 bits per heavy atom. The number of nitrogens with zero attached hydrogens (tertiary/aromatic N) is 4. The standard InChI is InChI=1S/C17H16F2N6O/c18-12-6-11-14(7-13(12)19)22-9-23-15(11)24-10-2-1-5-25(8-10)16-17(26)21-4-3-20-16/h3-4,6-7,9-10H,1-2,5,8H2,(H,21,26)(H,22,23,24). The van der Waals surface area contributed by atoms with Crippen LogP contribution in [0, 0.1) is 11.6 Å². The fourth-order valence-electron chi connectivity index (χ4n) is 3.22. The highest BCUT2D eigenvalue weighted by Gasteiger charge is 2.23. The van der Waals surface area contributed by atoms with Crippen LogP contribution in [0.5, 0.6) is 0 Å². The number of aromatic amines is 1. The van der Waals surface area contributed by atoms with Gasteiger partial charge in [-0.05, 0) is 18.9 Å². The Bertz CT molecular complexity index is 1010. The van der Waals surface area contributed by atoms with Crippen molar-refractivity contribution in [1.29, 1.82) is 0 Å². The highest BCUT2D eigenvalue weighted by Crippen LogP contribution is 2.24. The Labute approximate surface area is 147 Å². The summed E-state index contributed by atoms with van der Waals surface area (Å²) in [4.78, 5) is 28.8. The van der Waals surface area contributed by atoms with Crippen molar-refractivity contribution < 1.29 is 8.78 Å². The second-order valence-electron chi connectivity index (χ2n) is 6.18. The number of aromatic nitrogens is 4. The first-order valence-electron chi connectivity index (χ1n) is 8.27. The van der Waals surface area contributed by atoms with Gasteiger partial charge >= 0.3 is 0 Å². The fourth-order valence-corrected chi connectivity index (χ4v) is 3.22. The van der Waals surface area contributed by atoms with E-state index in [1.807, 2.05) is 4.90 Å². The number of anilines is 2. The lowest BCUT2D eigenvalue weighted by Crippen LogP contribution is -2.44. The summed E-state index contributed by atoms with van der Waals surface area (Å²) in [6.45, 7) is 1.28. The van der Waals surface area contributed by atoms with E-state index in [0.717, 1.165) is 31.5 Å². The molecule has 26 heavy (non-hydrogen) atoms. The number of fused-ring (bicyclic) bond motifs is 1. The fraction of sp³-hybridized carbons (Fsp3) is 0.294. The molecule has 3 aromatic rings. The summed E-state index contributed by atoms with van der Waals surface area (Å²) in [5.41, 5.74) is 0.0911. The maximum Gasteiger partial charge on any atom is 0.290 e. The average Bonchev–Trinajstić information content (AvgIpc) is 2.64. The van der Waals surface area contributed by atoms with Crippen molar-refractivity contribution >= 4 is 22.5 Å². The van der Waals surface area contributed by atoms with Crippen molar-refractivity contribution in [1.82, 2.24) is 19.9 Å². The number of halogens is 2. The normalized spacial score (nSPS) is 17.5. The van der Waals surface area contributed by atoms with E-state index in [9.17, 15) is 13.6 Å². The van der Waals surface area contributed by atoms with Gasteiger partial charge in [0.1, 0.15) is 12.1 Å². The third-order valence-corrected chi connectivity index (χ3v) is 4.43. The molecule has 3 heterocycles. The van der Waals surface area contributed by atoms with Crippen molar-refractivity contribution in [2.75, 3.05) is 23.3 Å². The summed E-state index contributed by atoms with van der Waals surface area (Å²) in [6, 6.07) is 2.13. The number of rotatable bonds is 3. The molecule has 1 aromatic carbocycles. The molecule has 1 aliphatic rings. The van der Waals surface area contributed by atoms with E-state index < -0.39 is 11.6 Å². The lowest BCUT2D eigenvalue weighted by atomic mass is 10.1.